The van der Waals surface area contributed by atoms with E-state index in [0.717, 1.165) is 38.6 Å². The number of rotatable bonds is 7. The average molecular weight is 556 g/mol. The molecule has 4 aromatic rings. The van der Waals surface area contributed by atoms with Gasteiger partial charge in [0, 0.05) is 10.7 Å². The first-order chi connectivity index (χ1) is 17.0. The zero-order valence-electron chi connectivity index (χ0n) is 18.0. The van der Waals surface area contributed by atoms with Crippen LogP contribution in [0.15, 0.2) is 52.1 Å². The van der Waals surface area contributed by atoms with Gasteiger partial charge in [0.05, 0.1) is 18.5 Å². The second-order valence-corrected chi connectivity index (χ2v) is 8.99. The number of ether oxygens (including phenoxy) is 2. The molecule has 0 fully saturated rings. The van der Waals surface area contributed by atoms with Gasteiger partial charge < -0.3 is 25.0 Å². The molecule has 5 rings (SSSR count). The Hall–Kier alpha value is -3.61. The maximum absolute atomic E-state index is 11.0. The molecule has 0 saturated carbocycles. The van der Waals surface area contributed by atoms with E-state index in [-0.39, 0.29) is 0 Å². The van der Waals surface area contributed by atoms with Gasteiger partial charge in [-0.05, 0) is 56.8 Å². The molecule has 3 heterocycles. The lowest BCUT2D eigenvalue weighted by molar-refractivity contribution is -0.139. The standard InChI is InChI=1S/C23H18BrN5O5S/c24-19-14(12-4-5-17-18(8-12)34-7-6-33-17)2-1-3-15(19)28-21-20-22(35-29-21)27-13(10-26-20)9-25-16(11-30)23(31)32/h1-5,8-10,16,30H,6-7,11H2,(H,28,29)(H,31,32)/t16-/m0/s1. The summed E-state index contributed by atoms with van der Waals surface area (Å²) in [5.74, 6) is 0.774. The fourth-order valence-electron chi connectivity index (χ4n) is 3.43. The number of hydrogen-bond donors (Lipinski definition) is 3. The molecule has 2 aromatic heterocycles. The van der Waals surface area contributed by atoms with E-state index < -0.39 is 18.6 Å². The summed E-state index contributed by atoms with van der Waals surface area (Å²) in [6.45, 7) is 0.461. The number of aliphatic imine (C=N–C) groups is 1. The summed E-state index contributed by atoms with van der Waals surface area (Å²) < 4.78 is 16.6. The van der Waals surface area contributed by atoms with Gasteiger partial charge in [0.25, 0.3) is 0 Å². The molecule has 0 aliphatic carbocycles. The van der Waals surface area contributed by atoms with E-state index in [1.807, 2.05) is 36.4 Å². The molecule has 1 aliphatic rings. The Kier molecular flexibility index (Phi) is 6.57. The van der Waals surface area contributed by atoms with Crippen molar-refractivity contribution in [3.63, 3.8) is 0 Å². The van der Waals surface area contributed by atoms with E-state index in [9.17, 15) is 4.79 Å². The van der Waals surface area contributed by atoms with Crippen molar-refractivity contribution in [1.29, 1.82) is 0 Å². The van der Waals surface area contributed by atoms with E-state index in [1.165, 1.54) is 12.4 Å². The molecule has 0 amide bonds. The van der Waals surface area contributed by atoms with Crippen molar-refractivity contribution in [1.82, 2.24) is 14.3 Å². The van der Waals surface area contributed by atoms with Crippen molar-refractivity contribution in [3.05, 3.63) is 52.8 Å². The average Bonchev–Trinajstić information content (AvgIpc) is 3.27. The first-order valence-electron chi connectivity index (χ1n) is 10.5. The van der Waals surface area contributed by atoms with Gasteiger partial charge in [0.15, 0.2) is 28.2 Å². The number of aliphatic carboxylic acids is 1. The van der Waals surface area contributed by atoms with Crippen molar-refractivity contribution in [2.75, 3.05) is 25.1 Å². The van der Waals surface area contributed by atoms with Crippen LogP contribution >= 0.6 is 27.5 Å². The number of halogens is 1. The summed E-state index contributed by atoms with van der Waals surface area (Å²) in [4.78, 5) is 24.2. The van der Waals surface area contributed by atoms with E-state index in [0.29, 0.717) is 40.8 Å². The minimum absolute atomic E-state index is 0.370. The van der Waals surface area contributed by atoms with Gasteiger partial charge in [0.1, 0.15) is 24.4 Å². The summed E-state index contributed by atoms with van der Waals surface area (Å²) in [6.07, 6.45) is 2.75. The predicted molar refractivity (Wildman–Crippen MR) is 135 cm³/mol. The number of benzene rings is 2. The molecule has 0 radical (unpaired) electrons. The molecule has 35 heavy (non-hydrogen) atoms. The Balaban J connectivity index is 1.40. The van der Waals surface area contributed by atoms with Crippen LogP contribution in [0.25, 0.3) is 21.5 Å². The number of nitrogens with zero attached hydrogens (tertiary/aromatic N) is 4. The van der Waals surface area contributed by atoms with Gasteiger partial charge in [-0.2, -0.15) is 4.37 Å². The smallest absolute Gasteiger partial charge is 0.330 e. The minimum Gasteiger partial charge on any atom is -0.486 e. The van der Waals surface area contributed by atoms with Crippen LogP contribution in [0, 0.1) is 0 Å². The lowest BCUT2D eigenvalue weighted by Gasteiger charge is -2.19. The zero-order valence-corrected chi connectivity index (χ0v) is 20.4. The lowest BCUT2D eigenvalue weighted by Crippen LogP contribution is -2.22. The molecule has 1 atom stereocenters. The number of aliphatic hydroxyl groups is 1. The van der Waals surface area contributed by atoms with Crippen molar-refractivity contribution >= 4 is 61.5 Å². The Morgan fingerprint density at radius 3 is 2.89 bits per heavy atom. The Morgan fingerprint density at radius 2 is 2.09 bits per heavy atom. The van der Waals surface area contributed by atoms with Crippen molar-refractivity contribution < 1.29 is 24.5 Å². The number of anilines is 2. The zero-order chi connectivity index (χ0) is 24.4. The normalized spacial score (nSPS) is 13.8. The summed E-state index contributed by atoms with van der Waals surface area (Å²) in [5.41, 5.74) is 3.67. The highest BCUT2D eigenvalue weighted by molar-refractivity contribution is 9.10. The van der Waals surface area contributed by atoms with Crippen LogP contribution < -0.4 is 14.8 Å². The number of carboxylic acid groups (broad SMARTS) is 1. The van der Waals surface area contributed by atoms with Crippen LogP contribution in [0.4, 0.5) is 11.5 Å². The molecule has 10 nitrogen and oxygen atoms in total. The largest absolute Gasteiger partial charge is 0.486 e. The summed E-state index contributed by atoms with van der Waals surface area (Å²) in [5, 5.41) is 21.4. The molecule has 178 valence electrons. The third kappa shape index (κ3) is 4.81. The summed E-state index contributed by atoms with van der Waals surface area (Å²) in [6, 6.07) is 10.5. The Labute approximate surface area is 211 Å². The first kappa shape index (κ1) is 23.1. The minimum atomic E-state index is -1.25. The highest BCUT2D eigenvalue weighted by Crippen LogP contribution is 2.40. The number of fused-ring (bicyclic) bond motifs is 2. The van der Waals surface area contributed by atoms with Gasteiger partial charge in [-0.1, -0.05) is 18.2 Å². The van der Waals surface area contributed by atoms with Crippen molar-refractivity contribution in [2.45, 2.75) is 6.04 Å². The van der Waals surface area contributed by atoms with Crippen LogP contribution in [0.5, 0.6) is 11.5 Å². The molecular weight excluding hydrogens is 538 g/mol. The van der Waals surface area contributed by atoms with E-state index >= 15 is 0 Å². The topological polar surface area (TPSA) is 139 Å². The number of hydrogen-bond acceptors (Lipinski definition) is 10. The van der Waals surface area contributed by atoms with E-state index in [2.05, 4.69) is 40.6 Å². The maximum atomic E-state index is 11.0. The first-order valence-corrected chi connectivity index (χ1v) is 12.0. The Bertz CT molecular complexity index is 1440. The van der Waals surface area contributed by atoms with Crippen LogP contribution in [-0.4, -0.2) is 62.6 Å². The third-order valence-corrected chi connectivity index (χ3v) is 6.74. The SMILES string of the molecule is O=C(O)[C@H](CO)N=Cc1cnc2c(Nc3cccc(-c4ccc5c(c4)OCCO5)c3Br)nsc2n1. The quantitative estimate of drug-likeness (QED) is 0.289. The van der Waals surface area contributed by atoms with E-state index in [1.54, 1.807) is 0 Å². The molecule has 0 saturated heterocycles. The molecule has 0 bridgehead atoms. The summed E-state index contributed by atoms with van der Waals surface area (Å²) >= 11 is 4.86. The molecule has 3 N–H and O–H groups in total. The van der Waals surface area contributed by atoms with Gasteiger partial charge in [-0.25, -0.2) is 14.8 Å². The second-order valence-electron chi connectivity index (χ2n) is 7.45. The molecule has 2 aromatic carbocycles. The third-order valence-electron chi connectivity index (χ3n) is 5.16. The lowest BCUT2D eigenvalue weighted by atomic mass is 10.0. The molecule has 12 heteroatoms. The van der Waals surface area contributed by atoms with Crippen molar-refractivity contribution in [2.24, 2.45) is 4.99 Å². The van der Waals surface area contributed by atoms with Crippen LogP contribution in [0.3, 0.4) is 0 Å². The van der Waals surface area contributed by atoms with Crippen molar-refractivity contribution in [3.8, 4) is 22.6 Å². The Morgan fingerprint density at radius 1 is 1.26 bits per heavy atom. The maximum Gasteiger partial charge on any atom is 0.330 e. The number of aliphatic hydroxyl groups excluding tert-OH is 1. The molecular formula is C23H18BrN5O5S. The summed E-state index contributed by atoms with van der Waals surface area (Å²) in [7, 11) is 0. The fraction of sp³-hybridized carbons (Fsp3) is 0.174. The van der Waals surface area contributed by atoms with Crippen LogP contribution in [-0.2, 0) is 4.79 Å². The van der Waals surface area contributed by atoms with Crippen LogP contribution in [0.2, 0.25) is 0 Å². The highest BCUT2D eigenvalue weighted by Gasteiger charge is 2.17. The predicted octanol–water partition coefficient (Wildman–Crippen LogP) is 3.90. The molecule has 1 aliphatic heterocycles. The monoisotopic (exact) mass is 555 g/mol. The second kappa shape index (κ2) is 9.94. The van der Waals surface area contributed by atoms with Crippen LogP contribution in [0.1, 0.15) is 5.69 Å². The van der Waals surface area contributed by atoms with Gasteiger partial charge in [0.2, 0.25) is 0 Å². The molecule has 0 spiro atoms. The van der Waals surface area contributed by atoms with Gasteiger partial charge in [-0.15, -0.1) is 0 Å². The highest BCUT2D eigenvalue weighted by atomic mass is 79.9. The van der Waals surface area contributed by atoms with Gasteiger partial charge in [-0.3, -0.25) is 4.99 Å². The number of aromatic nitrogens is 3. The number of carbonyl (C=O) groups is 1. The van der Waals surface area contributed by atoms with E-state index in [4.69, 9.17) is 19.7 Å². The number of carboxylic acids is 1. The fourth-order valence-corrected chi connectivity index (χ4v) is 4.72. The number of nitrogens with one attached hydrogen (secondary N) is 1. The molecule has 0 unspecified atom stereocenters. The van der Waals surface area contributed by atoms with Gasteiger partial charge >= 0.3 is 5.97 Å².